The Morgan fingerprint density at radius 2 is 1.64 bits per heavy atom. The van der Waals surface area contributed by atoms with Crippen molar-refractivity contribution in [2.45, 2.75) is 92.0 Å². The maximum absolute atomic E-state index is 10.4. The Morgan fingerprint density at radius 3 is 2.14 bits per heavy atom. The summed E-state index contributed by atoms with van der Waals surface area (Å²) in [5, 5.41) is 10.4. The molecule has 1 rings (SSSR count). The van der Waals surface area contributed by atoms with E-state index in [1.807, 2.05) is 0 Å². The number of ether oxygens (including phenoxy) is 1. The summed E-state index contributed by atoms with van der Waals surface area (Å²) in [6.45, 7) is 16.8. The Kier molecular flexibility index (Phi) is 8.37. The molecule has 3 nitrogen and oxygen atoms in total. The fraction of sp³-hybridized carbons (Fsp3) is 1.00. The summed E-state index contributed by atoms with van der Waals surface area (Å²) in [5.74, 6) is 2.06. The van der Waals surface area contributed by atoms with Crippen LogP contribution in [0.3, 0.4) is 0 Å². The van der Waals surface area contributed by atoms with Crippen LogP contribution in [0.4, 0.5) is 0 Å². The predicted molar refractivity (Wildman–Crippen MR) is 94.1 cm³/mol. The standard InChI is InChI=1S/C19H39NO2/c1-13(2)18-9-8-16(7)10-19(18)22-12-17(21)11-20(14(3)4)15(5)6/h13-19,21H,8-12H2,1-7H3/t16-,17+,18-,19+/m0/s1. The number of rotatable bonds is 8. The highest BCUT2D eigenvalue weighted by molar-refractivity contribution is 4.82. The van der Waals surface area contributed by atoms with Crippen molar-refractivity contribution in [3.8, 4) is 0 Å². The van der Waals surface area contributed by atoms with E-state index in [9.17, 15) is 5.11 Å². The molecule has 4 atom stereocenters. The molecule has 1 fully saturated rings. The fourth-order valence-electron chi connectivity index (χ4n) is 3.86. The minimum atomic E-state index is -0.394. The molecule has 0 aromatic heterocycles. The zero-order chi connectivity index (χ0) is 16.9. The summed E-state index contributed by atoms with van der Waals surface area (Å²) in [6.07, 6.45) is 3.66. The van der Waals surface area contributed by atoms with Gasteiger partial charge in [0.1, 0.15) is 0 Å². The molecule has 1 aliphatic rings. The van der Waals surface area contributed by atoms with Crippen LogP contribution >= 0.6 is 0 Å². The minimum Gasteiger partial charge on any atom is -0.389 e. The number of hydrogen-bond donors (Lipinski definition) is 1. The molecule has 0 aliphatic heterocycles. The highest BCUT2D eigenvalue weighted by Crippen LogP contribution is 2.35. The lowest BCUT2D eigenvalue weighted by molar-refractivity contribution is -0.0767. The maximum Gasteiger partial charge on any atom is 0.0900 e. The third-order valence-corrected chi connectivity index (χ3v) is 5.21. The van der Waals surface area contributed by atoms with E-state index < -0.39 is 6.10 Å². The van der Waals surface area contributed by atoms with Crippen molar-refractivity contribution in [2.24, 2.45) is 17.8 Å². The van der Waals surface area contributed by atoms with E-state index in [0.717, 1.165) is 12.3 Å². The first-order valence-electron chi connectivity index (χ1n) is 9.27. The molecule has 1 saturated carbocycles. The molecule has 3 heteroatoms. The van der Waals surface area contributed by atoms with Gasteiger partial charge in [-0.3, -0.25) is 4.90 Å². The largest absolute Gasteiger partial charge is 0.389 e. The topological polar surface area (TPSA) is 32.7 Å². The second kappa shape index (κ2) is 9.24. The molecule has 0 saturated heterocycles. The molecular weight excluding hydrogens is 274 g/mol. The first-order valence-corrected chi connectivity index (χ1v) is 9.27. The Hall–Kier alpha value is -0.120. The summed E-state index contributed by atoms with van der Waals surface area (Å²) in [7, 11) is 0. The second-order valence-electron chi connectivity index (χ2n) is 8.24. The summed E-state index contributed by atoms with van der Waals surface area (Å²) in [6, 6.07) is 0.903. The summed E-state index contributed by atoms with van der Waals surface area (Å²) >= 11 is 0. The normalized spacial score (nSPS) is 28.1. The van der Waals surface area contributed by atoms with Gasteiger partial charge in [0, 0.05) is 18.6 Å². The zero-order valence-electron chi connectivity index (χ0n) is 15.9. The van der Waals surface area contributed by atoms with Gasteiger partial charge in [0.2, 0.25) is 0 Å². The minimum absolute atomic E-state index is 0.324. The van der Waals surface area contributed by atoms with Crippen molar-refractivity contribution >= 4 is 0 Å². The van der Waals surface area contributed by atoms with Crippen molar-refractivity contribution in [1.29, 1.82) is 0 Å². The second-order valence-corrected chi connectivity index (χ2v) is 8.24. The Bertz CT molecular complexity index is 296. The fourth-order valence-corrected chi connectivity index (χ4v) is 3.86. The molecule has 22 heavy (non-hydrogen) atoms. The van der Waals surface area contributed by atoms with Gasteiger partial charge >= 0.3 is 0 Å². The number of hydrogen-bond acceptors (Lipinski definition) is 3. The van der Waals surface area contributed by atoms with Gasteiger partial charge in [-0.25, -0.2) is 0 Å². The van der Waals surface area contributed by atoms with E-state index >= 15 is 0 Å². The monoisotopic (exact) mass is 313 g/mol. The van der Waals surface area contributed by atoms with Crippen molar-refractivity contribution < 1.29 is 9.84 Å². The Balaban J connectivity index is 2.48. The van der Waals surface area contributed by atoms with Crippen LogP contribution in [0.2, 0.25) is 0 Å². The highest BCUT2D eigenvalue weighted by atomic mass is 16.5. The van der Waals surface area contributed by atoms with Gasteiger partial charge in [-0.1, -0.05) is 27.2 Å². The maximum atomic E-state index is 10.4. The summed E-state index contributed by atoms with van der Waals surface area (Å²) in [5.41, 5.74) is 0. The van der Waals surface area contributed by atoms with Crippen LogP contribution in [0.1, 0.15) is 67.7 Å². The van der Waals surface area contributed by atoms with Crippen molar-refractivity contribution in [3.63, 3.8) is 0 Å². The summed E-state index contributed by atoms with van der Waals surface area (Å²) < 4.78 is 6.17. The number of aliphatic hydroxyl groups excluding tert-OH is 1. The molecule has 1 N–H and O–H groups in total. The molecule has 0 aromatic carbocycles. The molecule has 0 unspecified atom stereocenters. The molecular formula is C19H39NO2. The van der Waals surface area contributed by atoms with Gasteiger partial charge in [-0.15, -0.1) is 0 Å². The van der Waals surface area contributed by atoms with Crippen molar-refractivity contribution in [3.05, 3.63) is 0 Å². The Labute approximate surface area is 138 Å². The van der Waals surface area contributed by atoms with Gasteiger partial charge in [0.25, 0.3) is 0 Å². The van der Waals surface area contributed by atoms with Crippen LogP contribution in [-0.4, -0.2) is 47.4 Å². The third kappa shape index (κ3) is 6.17. The average molecular weight is 314 g/mol. The van der Waals surface area contributed by atoms with Crippen molar-refractivity contribution in [1.82, 2.24) is 4.90 Å². The number of nitrogens with zero attached hydrogens (tertiary/aromatic N) is 1. The predicted octanol–water partition coefficient (Wildman–Crippen LogP) is 3.94. The van der Waals surface area contributed by atoms with E-state index in [-0.39, 0.29) is 0 Å². The van der Waals surface area contributed by atoms with E-state index in [2.05, 4.69) is 53.4 Å². The lowest BCUT2D eigenvalue weighted by Gasteiger charge is -2.38. The van der Waals surface area contributed by atoms with E-state index in [1.54, 1.807) is 0 Å². The number of aliphatic hydroxyl groups is 1. The molecule has 0 heterocycles. The summed E-state index contributed by atoms with van der Waals surface area (Å²) in [4.78, 5) is 2.33. The van der Waals surface area contributed by atoms with E-state index in [4.69, 9.17) is 4.74 Å². The smallest absolute Gasteiger partial charge is 0.0900 e. The molecule has 0 spiro atoms. The molecule has 1 aliphatic carbocycles. The average Bonchev–Trinajstić information content (AvgIpc) is 2.41. The van der Waals surface area contributed by atoms with Crippen LogP contribution in [0.15, 0.2) is 0 Å². The van der Waals surface area contributed by atoms with Crippen LogP contribution in [0.25, 0.3) is 0 Å². The SMILES string of the molecule is CC(C)[C@@H]1CC[C@H](C)C[C@H]1OC[C@H](O)CN(C(C)C)C(C)C. The molecule has 132 valence electrons. The van der Waals surface area contributed by atoms with Crippen LogP contribution in [0, 0.1) is 17.8 Å². The van der Waals surface area contributed by atoms with Crippen LogP contribution in [-0.2, 0) is 4.74 Å². The quantitative estimate of drug-likeness (QED) is 0.736. The first kappa shape index (κ1) is 19.9. The van der Waals surface area contributed by atoms with Gasteiger partial charge in [-0.05, 0) is 58.3 Å². The molecule has 0 radical (unpaired) electrons. The van der Waals surface area contributed by atoms with Gasteiger partial charge in [-0.2, -0.15) is 0 Å². The highest BCUT2D eigenvalue weighted by Gasteiger charge is 2.32. The zero-order valence-corrected chi connectivity index (χ0v) is 15.9. The Morgan fingerprint density at radius 1 is 1.05 bits per heavy atom. The van der Waals surface area contributed by atoms with Gasteiger partial charge in [0.15, 0.2) is 0 Å². The molecule has 0 aromatic rings. The molecule has 0 bridgehead atoms. The van der Waals surface area contributed by atoms with Crippen LogP contribution in [0.5, 0.6) is 0 Å². The third-order valence-electron chi connectivity index (χ3n) is 5.21. The van der Waals surface area contributed by atoms with Gasteiger partial charge < -0.3 is 9.84 Å². The van der Waals surface area contributed by atoms with Crippen molar-refractivity contribution in [2.75, 3.05) is 13.2 Å². The first-order chi connectivity index (χ1) is 10.2. The lowest BCUT2D eigenvalue weighted by atomic mass is 9.75. The van der Waals surface area contributed by atoms with E-state index in [1.165, 1.54) is 12.8 Å². The van der Waals surface area contributed by atoms with Crippen LogP contribution < -0.4 is 0 Å². The lowest BCUT2D eigenvalue weighted by Crippen LogP contribution is -2.44. The van der Waals surface area contributed by atoms with E-state index in [0.29, 0.717) is 43.2 Å². The van der Waals surface area contributed by atoms with Gasteiger partial charge in [0.05, 0.1) is 18.8 Å². The molecule has 0 amide bonds.